The highest BCUT2D eigenvalue weighted by molar-refractivity contribution is 7.17. The molecule has 0 spiro atoms. The van der Waals surface area contributed by atoms with Crippen molar-refractivity contribution in [2.75, 3.05) is 11.9 Å². The summed E-state index contributed by atoms with van der Waals surface area (Å²) in [6, 6.07) is 17.0. The molecule has 0 radical (unpaired) electrons. The molecule has 4 nitrogen and oxygen atoms in total. The minimum atomic E-state index is -0.430. The summed E-state index contributed by atoms with van der Waals surface area (Å²) in [6.45, 7) is 5.87. The fraction of sp³-hybridized carbons (Fsp3) is 0.182. The molecule has 27 heavy (non-hydrogen) atoms. The van der Waals surface area contributed by atoms with Gasteiger partial charge in [-0.1, -0.05) is 48.5 Å². The Morgan fingerprint density at radius 3 is 2.33 bits per heavy atom. The summed E-state index contributed by atoms with van der Waals surface area (Å²) in [5, 5.41) is 3.43. The molecule has 3 rings (SSSR count). The number of ether oxygens (including phenoxy) is 1. The van der Waals surface area contributed by atoms with Crippen LogP contribution in [0.4, 0.5) is 5.00 Å². The molecular formula is C22H21NO3S. The molecule has 0 aliphatic heterocycles. The first-order chi connectivity index (χ1) is 13.0. The highest BCUT2D eigenvalue weighted by Crippen LogP contribution is 2.40. The quantitative estimate of drug-likeness (QED) is 0.599. The first-order valence-corrected chi connectivity index (χ1v) is 9.57. The first-order valence-electron chi connectivity index (χ1n) is 8.75. The fourth-order valence-electron chi connectivity index (χ4n) is 2.98. The second kappa shape index (κ2) is 8.18. The number of anilines is 1. The molecule has 2 aromatic carbocycles. The summed E-state index contributed by atoms with van der Waals surface area (Å²) >= 11 is 1.39. The lowest BCUT2D eigenvalue weighted by atomic mass is 10.0. The molecule has 0 saturated carbocycles. The van der Waals surface area contributed by atoms with Gasteiger partial charge in [-0.3, -0.25) is 4.79 Å². The molecule has 138 valence electrons. The molecule has 3 aromatic rings. The minimum Gasteiger partial charge on any atom is -0.462 e. The number of hydrogen-bond acceptors (Lipinski definition) is 4. The molecule has 1 heterocycles. The van der Waals surface area contributed by atoms with Gasteiger partial charge in [0.05, 0.1) is 6.61 Å². The molecule has 0 aliphatic rings. The van der Waals surface area contributed by atoms with E-state index in [0.717, 1.165) is 21.6 Å². The van der Waals surface area contributed by atoms with Crippen LogP contribution in [0.25, 0.3) is 11.1 Å². The molecule has 0 aliphatic carbocycles. The Balaban J connectivity index is 2.06. The van der Waals surface area contributed by atoms with Gasteiger partial charge in [0.25, 0.3) is 5.91 Å². The number of nitrogens with one attached hydrogen (secondary N) is 1. The molecule has 0 atom stereocenters. The SMILES string of the molecule is CCOC(=O)c1c(NC(=O)c2ccccc2C)sc(C)c1-c1ccccc1. The Kier molecular flexibility index (Phi) is 5.72. The maximum atomic E-state index is 12.8. The lowest BCUT2D eigenvalue weighted by molar-refractivity contribution is 0.0529. The molecule has 1 amide bonds. The number of benzene rings is 2. The van der Waals surface area contributed by atoms with E-state index in [-0.39, 0.29) is 12.5 Å². The summed E-state index contributed by atoms with van der Waals surface area (Å²) in [7, 11) is 0. The van der Waals surface area contributed by atoms with Crippen molar-refractivity contribution in [1.29, 1.82) is 0 Å². The summed E-state index contributed by atoms with van der Waals surface area (Å²) < 4.78 is 5.27. The van der Waals surface area contributed by atoms with Gasteiger partial charge in [0.15, 0.2) is 0 Å². The molecule has 0 saturated heterocycles. The van der Waals surface area contributed by atoms with E-state index in [0.29, 0.717) is 16.1 Å². The normalized spacial score (nSPS) is 10.5. The number of amides is 1. The topological polar surface area (TPSA) is 55.4 Å². The van der Waals surface area contributed by atoms with Crippen molar-refractivity contribution in [1.82, 2.24) is 0 Å². The maximum absolute atomic E-state index is 12.8. The van der Waals surface area contributed by atoms with Crippen molar-refractivity contribution in [3.05, 3.63) is 76.2 Å². The van der Waals surface area contributed by atoms with Crippen LogP contribution in [0, 0.1) is 13.8 Å². The summed E-state index contributed by atoms with van der Waals surface area (Å²) in [5.74, 6) is -0.666. The average Bonchev–Trinajstić information content (AvgIpc) is 2.98. The number of rotatable bonds is 5. The van der Waals surface area contributed by atoms with E-state index in [1.54, 1.807) is 13.0 Å². The Hall–Kier alpha value is -2.92. The van der Waals surface area contributed by atoms with Crippen molar-refractivity contribution in [2.24, 2.45) is 0 Å². The van der Waals surface area contributed by atoms with Gasteiger partial charge in [0.1, 0.15) is 10.6 Å². The van der Waals surface area contributed by atoms with E-state index in [1.807, 2.05) is 62.4 Å². The molecule has 5 heteroatoms. The molecule has 0 fully saturated rings. The van der Waals surface area contributed by atoms with Crippen LogP contribution < -0.4 is 5.32 Å². The minimum absolute atomic E-state index is 0.237. The molecule has 1 N–H and O–H groups in total. The Morgan fingerprint density at radius 2 is 1.67 bits per heavy atom. The third-order valence-corrected chi connectivity index (χ3v) is 5.26. The van der Waals surface area contributed by atoms with Crippen LogP contribution in [0.5, 0.6) is 0 Å². The second-order valence-electron chi connectivity index (χ2n) is 6.09. The van der Waals surface area contributed by atoms with E-state index in [2.05, 4.69) is 5.32 Å². The van der Waals surface area contributed by atoms with Gasteiger partial charge in [0.2, 0.25) is 0 Å². The van der Waals surface area contributed by atoms with Gasteiger partial charge in [-0.05, 0) is 38.0 Å². The first kappa shape index (κ1) is 18.9. The lowest BCUT2D eigenvalue weighted by Crippen LogP contribution is -2.15. The van der Waals surface area contributed by atoms with E-state index in [4.69, 9.17) is 4.74 Å². The summed E-state index contributed by atoms with van der Waals surface area (Å²) in [5.41, 5.74) is 3.60. The van der Waals surface area contributed by atoms with E-state index in [1.165, 1.54) is 11.3 Å². The van der Waals surface area contributed by atoms with Gasteiger partial charge in [-0.2, -0.15) is 0 Å². The van der Waals surface area contributed by atoms with E-state index in [9.17, 15) is 9.59 Å². The third kappa shape index (κ3) is 3.93. The number of carbonyl (C=O) groups is 2. The zero-order valence-electron chi connectivity index (χ0n) is 15.5. The fourth-order valence-corrected chi connectivity index (χ4v) is 4.04. The number of esters is 1. The number of thiophene rings is 1. The predicted octanol–water partition coefficient (Wildman–Crippen LogP) is 5.46. The summed E-state index contributed by atoms with van der Waals surface area (Å²) in [6.07, 6.45) is 0. The maximum Gasteiger partial charge on any atom is 0.341 e. The lowest BCUT2D eigenvalue weighted by Gasteiger charge is -2.10. The van der Waals surface area contributed by atoms with Crippen molar-refractivity contribution in [2.45, 2.75) is 20.8 Å². The molecular weight excluding hydrogens is 358 g/mol. The van der Waals surface area contributed by atoms with E-state index < -0.39 is 5.97 Å². The monoisotopic (exact) mass is 379 g/mol. The predicted molar refractivity (Wildman–Crippen MR) is 110 cm³/mol. The number of carbonyl (C=O) groups excluding carboxylic acids is 2. The Labute approximate surface area is 162 Å². The van der Waals surface area contributed by atoms with Gasteiger partial charge in [-0.25, -0.2) is 4.79 Å². The van der Waals surface area contributed by atoms with Gasteiger partial charge in [0, 0.05) is 16.0 Å². The molecule has 0 bridgehead atoms. The Morgan fingerprint density at radius 1 is 1.00 bits per heavy atom. The smallest absolute Gasteiger partial charge is 0.341 e. The van der Waals surface area contributed by atoms with Gasteiger partial charge < -0.3 is 10.1 Å². The van der Waals surface area contributed by atoms with Crippen molar-refractivity contribution in [3.8, 4) is 11.1 Å². The average molecular weight is 379 g/mol. The summed E-state index contributed by atoms with van der Waals surface area (Å²) in [4.78, 5) is 26.4. The van der Waals surface area contributed by atoms with Crippen molar-refractivity contribution in [3.63, 3.8) is 0 Å². The number of hydrogen-bond donors (Lipinski definition) is 1. The van der Waals surface area contributed by atoms with Crippen LogP contribution in [-0.2, 0) is 4.74 Å². The zero-order valence-corrected chi connectivity index (χ0v) is 16.4. The van der Waals surface area contributed by atoms with Crippen molar-refractivity contribution >= 4 is 28.2 Å². The Bertz CT molecular complexity index is 976. The van der Waals surface area contributed by atoms with Crippen LogP contribution >= 0.6 is 11.3 Å². The molecule has 1 aromatic heterocycles. The van der Waals surface area contributed by atoms with E-state index >= 15 is 0 Å². The van der Waals surface area contributed by atoms with Crippen LogP contribution in [0.2, 0.25) is 0 Å². The third-order valence-electron chi connectivity index (χ3n) is 4.24. The van der Waals surface area contributed by atoms with Crippen LogP contribution in [0.3, 0.4) is 0 Å². The largest absolute Gasteiger partial charge is 0.462 e. The molecule has 0 unspecified atom stereocenters. The van der Waals surface area contributed by atoms with Crippen molar-refractivity contribution < 1.29 is 14.3 Å². The van der Waals surface area contributed by atoms with Crippen LogP contribution in [-0.4, -0.2) is 18.5 Å². The second-order valence-corrected chi connectivity index (χ2v) is 7.32. The van der Waals surface area contributed by atoms with Gasteiger partial charge in [-0.15, -0.1) is 11.3 Å². The standard InChI is InChI=1S/C22H21NO3S/c1-4-26-22(25)19-18(16-11-6-5-7-12-16)15(3)27-21(19)23-20(24)17-13-9-8-10-14(17)2/h5-13H,4H2,1-3H3,(H,23,24). The van der Waals surface area contributed by atoms with Crippen LogP contribution in [0.15, 0.2) is 54.6 Å². The van der Waals surface area contributed by atoms with Gasteiger partial charge >= 0.3 is 5.97 Å². The highest BCUT2D eigenvalue weighted by Gasteiger charge is 2.25. The number of aryl methyl sites for hydroxylation is 2. The zero-order chi connectivity index (χ0) is 19.4. The van der Waals surface area contributed by atoms with Crippen LogP contribution in [0.1, 0.15) is 38.1 Å². The highest BCUT2D eigenvalue weighted by atomic mass is 32.1.